The molecule has 0 aromatic heterocycles. The molecule has 1 N–H and O–H groups in total. The van der Waals surface area contributed by atoms with Gasteiger partial charge in [0.05, 0.1) is 16.9 Å². The van der Waals surface area contributed by atoms with Gasteiger partial charge >= 0.3 is 0 Å². The largest absolute Gasteiger partial charge is 0.454 e. The second-order valence-electron chi connectivity index (χ2n) is 13.2. The Labute approximate surface area is 221 Å². The number of benzene rings is 1. The van der Waals surface area contributed by atoms with Crippen molar-refractivity contribution in [1.29, 1.82) is 0 Å². The quantitative estimate of drug-likeness (QED) is 0.311. The van der Waals surface area contributed by atoms with Crippen molar-refractivity contribution in [2.24, 2.45) is 28.6 Å². The van der Waals surface area contributed by atoms with E-state index in [1.165, 1.54) is 32.1 Å². The van der Waals surface area contributed by atoms with E-state index in [1.54, 1.807) is 0 Å². The predicted octanol–water partition coefficient (Wildman–Crippen LogP) is 6.00. The number of carbonyl (C=O) groups excluding carboxylic acids is 2. The van der Waals surface area contributed by atoms with Crippen LogP contribution in [0.25, 0.3) is 0 Å². The van der Waals surface area contributed by atoms with E-state index in [0.717, 1.165) is 62.1 Å². The first kappa shape index (κ1) is 25.1. The molecule has 1 saturated heterocycles. The van der Waals surface area contributed by atoms with Crippen LogP contribution in [0.5, 0.6) is 11.5 Å². The number of para-hydroxylation sites is 1. The number of fused-ring (bicyclic) bond motifs is 1. The molecule has 3 atom stereocenters. The number of ether oxygens (including phenoxy) is 2. The van der Waals surface area contributed by atoms with E-state index in [0.29, 0.717) is 17.8 Å². The van der Waals surface area contributed by atoms with Gasteiger partial charge in [-0.2, -0.15) is 0 Å². The van der Waals surface area contributed by atoms with Crippen molar-refractivity contribution >= 4 is 11.8 Å². The Morgan fingerprint density at radius 2 is 1.76 bits per heavy atom. The number of unbranched alkanes of at least 4 members (excludes halogenated alkanes) is 5. The van der Waals surface area contributed by atoms with Crippen LogP contribution in [0.15, 0.2) is 18.2 Å². The third kappa shape index (κ3) is 4.04. The summed E-state index contributed by atoms with van der Waals surface area (Å²) in [5.41, 5.74) is 0.376. The van der Waals surface area contributed by atoms with Gasteiger partial charge in [-0.15, -0.1) is 0 Å². The first-order valence-corrected chi connectivity index (χ1v) is 14.9. The average Bonchev–Trinajstić information content (AvgIpc) is 3.36. The van der Waals surface area contributed by atoms with Crippen LogP contribution in [0.2, 0.25) is 0 Å². The normalized spacial score (nSPS) is 34.5. The number of β-lactam (4-membered cyclic amide) rings is 1. The lowest BCUT2D eigenvalue weighted by Crippen LogP contribution is -2.71. The van der Waals surface area contributed by atoms with E-state index in [4.69, 9.17) is 9.47 Å². The molecule has 6 heteroatoms. The van der Waals surface area contributed by atoms with Gasteiger partial charge in [-0.25, -0.2) is 0 Å². The second-order valence-corrected chi connectivity index (χ2v) is 13.2. The Balaban J connectivity index is 1.16. The molecular weight excluding hydrogens is 464 g/mol. The van der Waals surface area contributed by atoms with Crippen LogP contribution >= 0.6 is 0 Å². The molecule has 0 radical (unpaired) electrons. The van der Waals surface area contributed by atoms with E-state index in [9.17, 15) is 9.59 Å². The summed E-state index contributed by atoms with van der Waals surface area (Å²) in [7, 11) is 0. The zero-order valence-corrected chi connectivity index (χ0v) is 22.9. The molecule has 2 heterocycles. The van der Waals surface area contributed by atoms with Crippen molar-refractivity contribution in [1.82, 2.24) is 10.2 Å². The van der Waals surface area contributed by atoms with Gasteiger partial charge in [-0.05, 0) is 76.2 Å². The van der Waals surface area contributed by atoms with Gasteiger partial charge in [0.25, 0.3) is 0 Å². The first-order chi connectivity index (χ1) is 17.9. The molecule has 4 saturated carbocycles. The van der Waals surface area contributed by atoms with Crippen LogP contribution in [0, 0.1) is 28.6 Å². The monoisotopic (exact) mass is 508 g/mol. The van der Waals surface area contributed by atoms with Gasteiger partial charge in [0.1, 0.15) is 0 Å². The molecule has 0 spiro atoms. The smallest absolute Gasteiger partial charge is 0.231 e. The molecule has 4 aliphatic carbocycles. The molecule has 1 aromatic carbocycles. The highest BCUT2D eigenvalue weighted by molar-refractivity contribution is 5.91. The number of nitrogens with one attached hydrogen (secondary N) is 1. The third-order valence-electron chi connectivity index (χ3n) is 10.3. The topological polar surface area (TPSA) is 67.9 Å². The molecule has 3 unspecified atom stereocenters. The van der Waals surface area contributed by atoms with Crippen LogP contribution in [0.1, 0.15) is 103 Å². The number of hydrogen-bond acceptors (Lipinski definition) is 4. The maximum atomic E-state index is 13.6. The van der Waals surface area contributed by atoms with E-state index in [-0.39, 0.29) is 36.1 Å². The summed E-state index contributed by atoms with van der Waals surface area (Å²) in [5.74, 6) is 3.54. The number of rotatable bonds is 10. The van der Waals surface area contributed by atoms with Crippen molar-refractivity contribution in [2.75, 3.05) is 13.3 Å². The van der Waals surface area contributed by atoms with E-state index in [2.05, 4.69) is 37.1 Å². The number of nitrogens with zero attached hydrogens (tertiary/aromatic N) is 1. The Bertz CT molecular complexity index is 1040. The Hall–Kier alpha value is -2.24. The van der Waals surface area contributed by atoms with Crippen LogP contribution in [0.3, 0.4) is 0 Å². The van der Waals surface area contributed by atoms with Crippen molar-refractivity contribution in [3.05, 3.63) is 23.8 Å². The Morgan fingerprint density at radius 1 is 1.03 bits per heavy atom. The van der Waals surface area contributed by atoms with E-state index in [1.807, 2.05) is 12.1 Å². The van der Waals surface area contributed by atoms with Gasteiger partial charge < -0.3 is 19.7 Å². The van der Waals surface area contributed by atoms with Crippen molar-refractivity contribution in [3.63, 3.8) is 0 Å². The summed E-state index contributed by atoms with van der Waals surface area (Å²) in [5, 5.41) is 3.34. The zero-order chi connectivity index (χ0) is 25.8. The molecule has 202 valence electrons. The van der Waals surface area contributed by atoms with Gasteiger partial charge in [0, 0.05) is 18.2 Å². The molecule has 6 nitrogen and oxygen atoms in total. The fourth-order valence-electron chi connectivity index (χ4n) is 8.89. The molecule has 4 bridgehead atoms. The maximum Gasteiger partial charge on any atom is 0.231 e. The Morgan fingerprint density at radius 3 is 2.51 bits per heavy atom. The number of amides is 2. The maximum absolute atomic E-state index is 13.6. The summed E-state index contributed by atoms with van der Waals surface area (Å²) in [6.45, 7) is 7.42. The molecule has 5 fully saturated rings. The number of likely N-dealkylation sites (tertiary alicyclic amines) is 1. The van der Waals surface area contributed by atoms with Crippen LogP contribution in [-0.2, 0) is 9.59 Å². The highest BCUT2D eigenvalue weighted by Crippen LogP contribution is 2.65. The molecule has 2 aliphatic heterocycles. The predicted molar refractivity (Wildman–Crippen MR) is 142 cm³/mol. The van der Waals surface area contributed by atoms with Crippen molar-refractivity contribution < 1.29 is 19.1 Å². The lowest BCUT2D eigenvalue weighted by molar-refractivity contribution is -0.199. The number of carbonyl (C=O) groups is 2. The van der Waals surface area contributed by atoms with Crippen LogP contribution < -0.4 is 14.8 Å². The fourth-order valence-corrected chi connectivity index (χ4v) is 8.89. The van der Waals surface area contributed by atoms with Gasteiger partial charge in [-0.3, -0.25) is 9.59 Å². The summed E-state index contributed by atoms with van der Waals surface area (Å²) in [6, 6.07) is 6.27. The zero-order valence-electron chi connectivity index (χ0n) is 22.9. The minimum Gasteiger partial charge on any atom is -0.454 e. The highest BCUT2D eigenvalue weighted by atomic mass is 16.7. The molecule has 1 aromatic rings. The van der Waals surface area contributed by atoms with Gasteiger partial charge in [0.15, 0.2) is 11.5 Å². The van der Waals surface area contributed by atoms with Gasteiger partial charge in [-0.1, -0.05) is 51.2 Å². The fraction of sp³-hybridized carbons (Fsp3) is 0.742. The lowest BCUT2D eigenvalue weighted by Gasteiger charge is -2.66. The average molecular weight is 509 g/mol. The number of hydrogen-bond donors (Lipinski definition) is 1. The summed E-state index contributed by atoms with van der Waals surface area (Å²) >= 11 is 0. The summed E-state index contributed by atoms with van der Waals surface area (Å²) < 4.78 is 11.5. The molecule has 2 amide bonds. The first-order valence-electron chi connectivity index (χ1n) is 14.9. The van der Waals surface area contributed by atoms with Gasteiger partial charge in [0.2, 0.25) is 18.6 Å². The Kier molecular flexibility index (Phi) is 6.43. The molecule has 7 rings (SSSR count). The minimum absolute atomic E-state index is 0.0170. The standard InChI is InChI=1S/C31H44N2O4/c1-4-5-6-7-8-9-13-32-28(34)31-16-20-14-21(17-31)25(22(15-20)18-31)33-27(30(2,3)29(33)35)23-11-10-12-24-26(23)37-19-36-24/h10-12,20-22,25,27H,4-9,13-19H2,1-3H3,(H,32,34). The molecule has 6 aliphatic rings. The van der Waals surface area contributed by atoms with Crippen LogP contribution in [-0.4, -0.2) is 36.1 Å². The van der Waals surface area contributed by atoms with Crippen LogP contribution in [0.4, 0.5) is 0 Å². The molecular formula is C31H44N2O4. The third-order valence-corrected chi connectivity index (χ3v) is 10.3. The summed E-state index contributed by atoms with van der Waals surface area (Å²) in [6.07, 6.45) is 12.6. The highest BCUT2D eigenvalue weighted by Gasteiger charge is 2.66. The van der Waals surface area contributed by atoms with E-state index < -0.39 is 5.41 Å². The van der Waals surface area contributed by atoms with Crippen molar-refractivity contribution in [3.8, 4) is 11.5 Å². The summed E-state index contributed by atoms with van der Waals surface area (Å²) in [4.78, 5) is 29.4. The molecule has 37 heavy (non-hydrogen) atoms. The second kappa shape index (κ2) is 9.50. The minimum atomic E-state index is -0.470. The van der Waals surface area contributed by atoms with Crippen molar-refractivity contribution in [2.45, 2.75) is 103 Å². The lowest BCUT2D eigenvalue weighted by atomic mass is 9.46. The van der Waals surface area contributed by atoms with E-state index >= 15 is 0 Å². The SMILES string of the molecule is CCCCCCCCNC(=O)C12CC3CC(C1)C(N1C(=O)C(C)(C)C1c1cccc4c1OCO4)C(C3)C2.